The van der Waals surface area contributed by atoms with E-state index in [1.165, 1.54) is 0 Å². The van der Waals surface area contributed by atoms with Gasteiger partial charge < -0.3 is 18.7 Å². The molecule has 122 valence electrons. The molecule has 0 amide bonds. The molecule has 1 aliphatic rings. The highest BCUT2D eigenvalue weighted by molar-refractivity contribution is 9.10. The molecule has 5 nitrogen and oxygen atoms in total. The van der Waals surface area contributed by atoms with Gasteiger partial charge in [-0.25, -0.2) is 4.85 Å². The zero-order valence-electron chi connectivity index (χ0n) is 12.9. The van der Waals surface area contributed by atoms with E-state index in [0.717, 1.165) is 16.5 Å². The molecule has 1 fully saturated rings. The number of benzene rings is 2. The first kappa shape index (κ1) is 17.0. The predicted octanol–water partition coefficient (Wildman–Crippen LogP) is 4.73. The van der Waals surface area contributed by atoms with E-state index >= 15 is 0 Å². The Kier molecular flexibility index (Phi) is 5.89. The van der Waals surface area contributed by atoms with Crippen molar-refractivity contribution in [3.8, 4) is 11.5 Å². The molecule has 0 unspecified atom stereocenters. The standard InChI is InChI=1S/C17H15BBrNO4/c1-20-14-3-5-15(6-4-14)24-16-7-8-17(19)13(11-16)12-23-18-21-9-2-10-22-18/h3-8,11H,2,9-10,12H2. The molecule has 0 N–H and O–H groups in total. The van der Waals surface area contributed by atoms with Crippen LogP contribution in [-0.2, 0) is 20.6 Å². The van der Waals surface area contributed by atoms with Gasteiger partial charge in [-0.3, -0.25) is 0 Å². The van der Waals surface area contributed by atoms with Crippen LogP contribution in [0.15, 0.2) is 46.9 Å². The van der Waals surface area contributed by atoms with E-state index in [-0.39, 0.29) is 0 Å². The van der Waals surface area contributed by atoms with Crippen molar-refractivity contribution >= 4 is 28.9 Å². The lowest BCUT2D eigenvalue weighted by Gasteiger charge is -2.19. The molecule has 3 rings (SSSR count). The molecule has 0 spiro atoms. The molecule has 0 atom stereocenters. The maximum atomic E-state index is 6.96. The lowest BCUT2D eigenvalue weighted by atomic mass is 10.1. The normalized spacial score (nSPS) is 14.2. The Morgan fingerprint density at radius 2 is 1.79 bits per heavy atom. The van der Waals surface area contributed by atoms with Crippen LogP contribution in [0.1, 0.15) is 12.0 Å². The smallest absolute Gasteiger partial charge is 0.457 e. The predicted molar refractivity (Wildman–Crippen MR) is 94.0 cm³/mol. The van der Waals surface area contributed by atoms with E-state index in [1.54, 1.807) is 24.3 Å². The molecule has 0 radical (unpaired) electrons. The first-order chi connectivity index (χ1) is 11.7. The van der Waals surface area contributed by atoms with Gasteiger partial charge in [0.2, 0.25) is 0 Å². The van der Waals surface area contributed by atoms with Crippen LogP contribution >= 0.6 is 15.9 Å². The molecule has 0 aliphatic carbocycles. The molecule has 0 bridgehead atoms. The zero-order valence-corrected chi connectivity index (χ0v) is 14.5. The molecule has 2 aromatic rings. The minimum absolute atomic E-state index is 0.346. The van der Waals surface area contributed by atoms with Crippen molar-refractivity contribution in [2.24, 2.45) is 0 Å². The Bertz CT molecular complexity index is 726. The Hall–Kier alpha value is -1.85. The third kappa shape index (κ3) is 4.59. The summed E-state index contributed by atoms with van der Waals surface area (Å²) in [6.45, 7) is 8.61. The fraction of sp³-hybridized carbons (Fsp3) is 0.235. The fourth-order valence-corrected chi connectivity index (χ4v) is 2.53. The van der Waals surface area contributed by atoms with Crippen molar-refractivity contribution < 1.29 is 18.7 Å². The highest BCUT2D eigenvalue weighted by Gasteiger charge is 2.24. The van der Waals surface area contributed by atoms with Crippen LogP contribution in [0, 0.1) is 6.57 Å². The highest BCUT2D eigenvalue weighted by atomic mass is 79.9. The number of nitrogens with zero attached hydrogens (tertiary/aromatic N) is 1. The number of halogens is 1. The van der Waals surface area contributed by atoms with Gasteiger partial charge >= 0.3 is 7.32 Å². The van der Waals surface area contributed by atoms with Crippen molar-refractivity contribution in [1.29, 1.82) is 0 Å². The molecule has 7 heteroatoms. The molecule has 1 saturated heterocycles. The lowest BCUT2D eigenvalue weighted by molar-refractivity contribution is 0.0486. The summed E-state index contributed by atoms with van der Waals surface area (Å²) in [6.07, 6.45) is 0.888. The van der Waals surface area contributed by atoms with Gasteiger partial charge in [0.1, 0.15) is 11.5 Å². The number of ether oxygens (including phenoxy) is 1. The van der Waals surface area contributed by atoms with Gasteiger partial charge in [0.25, 0.3) is 0 Å². The fourth-order valence-electron chi connectivity index (χ4n) is 2.17. The minimum atomic E-state index is -0.614. The molecule has 1 heterocycles. The van der Waals surface area contributed by atoms with Crippen molar-refractivity contribution in [2.75, 3.05) is 13.2 Å². The van der Waals surface area contributed by atoms with E-state index in [4.69, 9.17) is 25.3 Å². The van der Waals surface area contributed by atoms with Gasteiger partial charge in [-0.2, -0.15) is 0 Å². The molecule has 0 aromatic heterocycles. The van der Waals surface area contributed by atoms with Crippen molar-refractivity contribution in [2.45, 2.75) is 13.0 Å². The second kappa shape index (κ2) is 8.31. The summed E-state index contributed by atoms with van der Waals surface area (Å²) in [7, 11) is -0.614. The second-order valence-electron chi connectivity index (χ2n) is 5.16. The van der Waals surface area contributed by atoms with E-state index in [0.29, 0.717) is 37.0 Å². The van der Waals surface area contributed by atoms with Crippen LogP contribution in [0.5, 0.6) is 11.5 Å². The summed E-state index contributed by atoms with van der Waals surface area (Å²) in [5.41, 5.74) is 1.52. The summed E-state index contributed by atoms with van der Waals surface area (Å²) in [4.78, 5) is 3.36. The lowest BCUT2D eigenvalue weighted by Crippen LogP contribution is -2.32. The van der Waals surface area contributed by atoms with E-state index < -0.39 is 7.32 Å². The van der Waals surface area contributed by atoms with Gasteiger partial charge in [-0.1, -0.05) is 28.1 Å². The van der Waals surface area contributed by atoms with Crippen LogP contribution in [0.3, 0.4) is 0 Å². The summed E-state index contributed by atoms with van der Waals surface area (Å²) in [6, 6.07) is 12.7. The Balaban J connectivity index is 1.65. The average molecular weight is 388 g/mol. The third-order valence-electron chi connectivity index (χ3n) is 3.39. The summed E-state index contributed by atoms with van der Waals surface area (Å²) < 4.78 is 23.1. The summed E-state index contributed by atoms with van der Waals surface area (Å²) in [5.74, 6) is 1.37. The Morgan fingerprint density at radius 3 is 2.50 bits per heavy atom. The largest absolute Gasteiger partial charge is 0.639 e. The maximum absolute atomic E-state index is 6.96. The third-order valence-corrected chi connectivity index (χ3v) is 4.16. The maximum Gasteiger partial charge on any atom is 0.639 e. The molecule has 2 aromatic carbocycles. The highest BCUT2D eigenvalue weighted by Crippen LogP contribution is 2.28. The summed E-state index contributed by atoms with van der Waals surface area (Å²) in [5, 5.41) is 0. The molecular formula is C17H15BBrNO4. The van der Waals surface area contributed by atoms with Crippen LogP contribution in [0.25, 0.3) is 4.85 Å². The quantitative estimate of drug-likeness (QED) is 0.549. The van der Waals surface area contributed by atoms with Crippen LogP contribution in [0.4, 0.5) is 5.69 Å². The number of hydrogen-bond donors (Lipinski definition) is 0. The average Bonchev–Trinajstić information content (AvgIpc) is 2.63. The van der Waals surface area contributed by atoms with E-state index in [1.807, 2.05) is 18.2 Å². The Morgan fingerprint density at radius 1 is 1.08 bits per heavy atom. The molecular weight excluding hydrogens is 373 g/mol. The van der Waals surface area contributed by atoms with E-state index in [9.17, 15) is 0 Å². The van der Waals surface area contributed by atoms with Crippen molar-refractivity contribution in [3.63, 3.8) is 0 Å². The van der Waals surface area contributed by atoms with Crippen molar-refractivity contribution in [1.82, 2.24) is 0 Å². The van der Waals surface area contributed by atoms with Crippen LogP contribution in [0.2, 0.25) is 0 Å². The van der Waals surface area contributed by atoms with Gasteiger partial charge in [-0.15, -0.1) is 0 Å². The second-order valence-corrected chi connectivity index (χ2v) is 6.01. The van der Waals surface area contributed by atoms with Gasteiger partial charge in [-0.05, 0) is 42.3 Å². The van der Waals surface area contributed by atoms with E-state index in [2.05, 4.69) is 20.8 Å². The van der Waals surface area contributed by atoms with Crippen LogP contribution < -0.4 is 4.74 Å². The molecule has 24 heavy (non-hydrogen) atoms. The van der Waals surface area contributed by atoms with Crippen LogP contribution in [-0.4, -0.2) is 20.5 Å². The van der Waals surface area contributed by atoms with Gasteiger partial charge in [0, 0.05) is 17.7 Å². The number of rotatable bonds is 5. The summed E-state index contributed by atoms with van der Waals surface area (Å²) >= 11 is 3.51. The molecule has 1 aliphatic heterocycles. The van der Waals surface area contributed by atoms with Crippen molar-refractivity contribution in [3.05, 3.63) is 63.9 Å². The van der Waals surface area contributed by atoms with Gasteiger partial charge in [0.15, 0.2) is 5.69 Å². The molecule has 0 saturated carbocycles. The van der Waals surface area contributed by atoms with Gasteiger partial charge in [0.05, 0.1) is 13.2 Å². The monoisotopic (exact) mass is 387 g/mol. The zero-order chi connectivity index (χ0) is 16.8. The minimum Gasteiger partial charge on any atom is -0.457 e. The SMILES string of the molecule is [C-]#[N+]c1ccc(Oc2ccc(Br)c(COB3OCCCO3)c2)cc1. The number of hydrogen-bond acceptors (Lipinski definition) is 4. The first-order valence-corrected chi connectivity index (χ1v) is 8.32. The topological polar surface area (TPSA) is 41.3 Å². The first-order valence-electron chi connectivity index (χ1n) is 7.53. The Labute approximate surface area is 149 Å².